The van der Waals surface area contributed by atoms with E-state index in [2.05, 4.69) is 25.0 Å². The van der Waals surface area contributed by atoms with Crippen molar-refractivity contribution in [2.24, 2.45) is 0 Å². The van der Waals surface area contributed by atoms with Crippen molar-refractivity contribution in [1.82, 2.24) is 24.8 Å². The van der Waals surface area contributed by atoms with Gasteiger partial charge in [-0.2, -0.15) is 4.52 Å². The van der Waals surface area contributed by atoms with Crippen molar-refractivity contribution in [1.29, 1.82) is 0 Å². The van der Waals surface area contributed by atoms with Crippen LogP contribution < -0.4 is 9.80 Å². The molecule has 7 nitrogen and oxygen atoms in total. The number of hydrogen-bond donors (Lipinski definition) is 0. The largest absolute Gasteiger partial charge is 0.370 e. The van der Waals surface area contributed by atoms with E-state index in [1.54, 1.807) is 12.4 Å². The van der Waals surface area contributed by atoms with Crippen LogP contribution in [0.2, 0.25) is 5.02 Å². The zero-order valence-electron chi connectivity index (χ0n) is 14.4. The second-order valence-electron chi connectivity index (χ2n) is 6.95. The van der Waals surface area contributed by atoms with Crippen molar-refractivity contribution in [3.63, 3.8) is 0 Å². The molecule has 0 radical (unpaired) electrons. The standard InChI is InChI=1S/C18H20ClN7/c19-14-12-20-7-4-15(14)24-10-5-13(6-11-24)18-22-21-16-2-3-17(23-26(16)18)25-8-1-9-25/h2-4,7,12-13H,1,5-6,8-11H2. The minimum atomic E-state index is 0.362. The summed E-state index contributed by atoms with van der Waals surface area (Å²) >= 11 is 6.29. The van der Waals surface area contributed by atoms with Crippen molar-refractivity contribution in [2.45, 2.75) is 25.2 Å². The predicted octanol–water partition coefficient (Wildman–Crippen LogP) is 2.77. The predicted molar refractivity (Wildman–Crippen MR) is 101 cm³/mol. The molecule has 2 fully saturated rings. The molecule has 0 N–H and O–H groups in total. The fourth-order valence-electron chi connectivity index (χ4n) is 3.77. The average Bonchev–Trinajstić information content (AvgIpc) is 3.04. The number of anilines is 2. The van der Waals surface area contributed by atoms with E-state index >= 15 is 0 Å². The highest BCUT2D eigenvalue weighted by Gasteiger charge is 2.26. The maximum atomic E-state index is 6.29. The van der Waals surface area contributed by atoms with Gasteiger partial charge in [0.25, 0.3) is 0 Å². The molecule has 134 valence electrons. The van der Waals surface area contributed by atoms with Gasteiger partial charge in [-0.25, -0.2) is 0 Å². The molecule has 0 saturated carbocycles. The van der Waals surface area contributed by atoms with Gasteiger partial charge in [-0.1, -0.05) is 11.6 Å². The second kappa shape index (κ2) is 6.39. The SMILES string of the molecule is Clc1cnccc1N1CCC(c2nnc3ccc(N4CCC4)nn23)CC1. The third-order valence-electron chi connectivity index (χ3n) is 5.40. The average molecular weight is 370 g/mol. The molecule has 3 aromatic heterocycles. The Labute approximate surface area is 156 Å². The van der Waals surface area contributed by atoms with Crippen molar-refractivity contribution in [3.05, 3.63) is 41.4 Å². The molecule has 3 aromatic rings. The van der Waals surface area contributed by atoms with Crippen LogP contribution >= 0.6 is 11.6 Å². The molecular weight excluding hydrogens is 350 g/mol. The zero-order valence-corrected chi connectivity index (χ0v) is 15.2. The first-order valence-corrected chi connectivity index (χ1v) is 9.49. The third kappa shape index (κ3) is 2.67. The van der Waals surface area contributed by atoms with Gasteiger partial charge in [0.1, 0.15) is 5.82 Å². The number of piperidine rings is 1. The monoisotopic (exact) mass is 369 g/mol. The number of halogens is 1. The molecule has 0 bridgehead atoms. The normalized spacial score (nSPS) is 18.3. The molecule has 2 aliphatic rings. The molecule has 5 rings (SSSR count). The minimum Gasteiger partial charge on any atom is -0.370 e. The van der Waals surface area contributed by atoms with Crippen LogP contribution in [0.4, 0.5) is 11.5 Å². The second-order valence-corrected chi connectivity index (χ2v) is 7.36. The van der Waals surface area contributed by atoms with Gasteiger partial charge < -0.3 is 9.80 Å². The first kappa shape index (κ1) is 15.8. The Kier molecular flexibility index (Phi) is 3.89. The van der Waals surface area contributed by atoms with E-state index in [1.807, 2.05) is 22.7 Å². The third-order valence-corrected chi connectivity index (χ3v) is 5.70. The lowest BCUT2D eigenvalue weighted by Gasteiger charge is -2.33. The smallest absolute Gasteiger partial charge is 0.178 e. The van der Waals surface area contributed by atoms with Crippen molar-refractivity contribution in [3.8, 4) is 0 Å². The van der Waals surface area contributed by atoms with Gasteiger partial charge in [-0.3, -0.25) is 4.98 Å². The fourth-order valence-corrected chi connectivity index (χ4v) is 4.01. The van der Waals surface area contributed by atoms with Gasteiger partial charge in [0.15, 0.2) is 11.5 Å². The van der Waals surface area contributed by atoms with E-state index in [4.69, 9.17) is 16.7 Å². The van der Waals surface area contributed by atoms with Crippen LogP contribution in [0.5, 0.6) is 0 Å². The summed E-state index contributed by atoms with van der Waals surface area (Å²) in [5.41, 5.74) is 1.88. The number of hydrogen-bond acceptors (Lipinski definition) is 6. The van der Waals surface area contributed by atoms with E-state index < -0.39 is 0 Å². The highest BCUT2D eigenvalue weighted by atomic mass is 35.5. The summed E-state index contributed by atoms with van der Waals surface area (Å²) in [5, 5.41) is 14.3. The molecule has 0 unspecified atom stereocenters. The molecule has 0 aliphatic carbocycles. The maximum absolute atomic E-state index is 6.29. The van der Waals surface area contributed by atoms with Crippen LogP contribution in [-0.2, 0) is 0 Å². The van der Waals surface area contributed by atoms with Crippen molar-refractivity contribution >= 4 is 28.8 Å². The molecule has 0 aromatic carbocycles. The van der Waals surface area contributed by atoms with E-state index in [9.17, 15) is 0 Å². The fraction of sp³-hybridized carbons (Fsp3) is 0.444. The summed E-state index contributed by atoms with van der Waals surface area (Å²) < 4.78 is 1.94. The Balaban J connectivity index is 1.37. The molecule has 8 heteroatoms. The summed E-state index contributed by atoms with van der Waals surface area (Å²) in [6.45, 7) is 4.05. The van der Waals surface area contributed by atoms with Gasteiger partial charge >= 0.3 is 0 Å². The lowest BCUT2D eigenvalue weighted by Crippen LogP contribution is -2.38. The Morgan fingerprint density at radius 2 is 1.81 bits per heavy atom. The summed E-state index contributed by atoms with van der Waals surface area (Å²) in [5.74, 6) is 2.36. The van der Waals surface area contributed by atoms with Crippen molar-refractivity contribution < 1.29 is 0 Å². The number of rotatable bonds is 3. The van der Waals surface area contributed by atoms with E-state index in [1.165, 1.54) is 6.42 Å². The van der Waals surface area contributed by atoms with E-state index in [0.29, 0.717) is 10.9 Å². The Bertz CT molecular complexity index is 928. The number of pyridine rings is 1. The summed E-state index contributed by atoms with van der Waals surface area (Å²) in [6.07, 6.45) is 6.76. The van der Waals surface area contributed by atoms with Gasteiger partial charge in [0.2, 0.25) is 0 Å². The molecule has 0 atom stereocenters. The Morgan fingerprint density at radius 1 is 0.962 bits per heavy atom. The lowest BCUT2D eigenvalue weighted by molar-refractivity contribution is 0.476. The van der Waals surface area contributed by atoms with E-state index in [-0.39, 0.29) is 0 Å². The van der Waals surface area contributed by atoms with Crippen molar-refractivity contribution in [2.75, 3.05) is 36.0 Å². The lowest BCUT2D eigenvalue weighted by atomic mass is 9.96. The number of aromatic nitrogens is 5. The van der Waals surface area contributed by atoms with Crippen LogP contribution in [-0.4, -0.2) is 51.0 Å². The van der Waals surface area contributed by atoms with Gasteiger partial charge in [-0.05, 0) is 37.5 Å². The van der Waals surface area contributed by atoms with Crippen LogP contribution in [0.15, 0.2) is 30.6 Å². The maximum Gasteiger partial charge on any atom is 0.178 e. The molecular formula is C18H20ClN7. The molecule has 2 saturated heterocycles. The minimum absolute atomic E-state index is 0.362. The summed E-state index contributed by atoms with van der Waals surface area (Å²) in [7, 11) is 0. The number of nitrogens with zero attached hydrogens (tertiary/aromatic N) is 7. The zero-order chi connectivity index (χ0) is 17.5. The van der Waals surface area contributed by atoms with Gasteiger partial charge in [0, 0.05) is 44.5 Å². The molecule has 26 heavy (non-hydrogen) atoms. The van der Waals surface area contributed by atoms with Crippen LogP contribution in [0, 0.1) is 0 Å². The molecule has 5 heterocycles. The first-order chi connectivity index (χ1) is 12.8. The quantitative estimate of drug-likeness (QED) is 0.707. The van der Waals surface area contributed by atoms with E-state index in [0.717, 1.165) is 62.0 Å². The highest BCUT2D eigenvalue weighted by molar-refractivity contribution is 6.33. The van der Waals surface area contributed by atoms with Gasteiger partial charge in [-0.15, -0.1) is 15.3 Å². The summed E-state index contributed by atoms with van der Waals surface area (Å²) in [6, 6.07) is 6.04. The molecule has 2 aliphatic heterocycles. The Morgan fingerprint density at radius 3 is 2.54 bits per heavy atom. The van der Waals surface area contributed by atoms with Crippen LogP contribution in [0.1, 0.15) is 31.0 Å². The first-order valence-electron chi connectivity index (χ1n) is 9.11. The summed E-state index contributed by atoms with van der Waals surface area (Å²) in [4.78, 5) is 8.68. The van der Waals surface area contributed by atoms with Gasteiger partial charge in [0.05, 0.1) is 10.7 Å². The highest BCUT2D eigenvalue weighted by Crippen LogP contribution is 2.32. The number of fused-ring (bicyclic) bond motifs is 1. The molecule has 0 amide bonds. The topological polar surface area (TPSA) is 62.5 Å². The van der Waals surface area contributed by atoms with Crippen LogP contribution in [0.3, 0.4) is 0 Å². The molecule has 0 spiro atoms. The van der Waals surface area contributed by atoms with Crippen LogP contribution in [0.25, 0.3) is 5.65 Å². The Hall–Kier alpha value is -2.41.